The molecule has 0 unspecified atom stereocenters. The topological polar surface area (TPSA) is 43.8 Å². The summed E-state index contributed by atoms with van der Waals surface area (Å²) in [6.07, 6.45) is 0.990. The minimum absolute atomic E-state index is 0.613. The molecule has 3 rings (SSSR count). The summed E-state index contributed by atoms with van der Waals surface area (Å²) in [5, 5.41) is 0.909. The Morgan fingerprint density at radius 3 is 2.30 bits per heavy atom. The number of rotatable bonds is 11. The summed E-state index contributed by atoms with van der Waals surface area (Å²) in [7, 11) is 1.68. The maximum atomic E-state index is 6.25. The Labute approximate surface area is 179 Å². The van der Waals surface area contributed by atoms with Crippen molar-refractivity contribution >= 4 is 10.9 Å². The summed E-state index contributed by atoms with van der Waals surface area (Å²) in [5.41, 5.74) is 2.75. The molecule has 0 saturated heterocycles. The molecule has 5 nitrogen and oxygen atoms in total. The van der Waals surface area contributed by atoms with Crippen LogP contribution in [0.15, 0.2) is 48.5 Å². The average molecular weight is 409 g/mol. The zero-order valence-electron chi connectivity index (χ0n) is 18.5. The minimum Gasteiger partial charge on any atom is -0.496 e. The number of ether oxygens (including phenoxy) is 3. The molecule has 0 saturated carbocycles. The highest BCUT2D eigenvalue weighted by atomic mass is 16.5. The lowest BCUT2D eigenvalue weighted by atomic mass is 10.1. The second kappa shape index (κ2) is 10.8. The number of aromatic nitrogens is 1. The monoisotopic (exact) mass is 408 g/mol. The number of hydrogen-bond donors (Lipinski definition) is 0. The van der Waals surface area contributed by atoms with Gasteiger partial charge in [-0.3, -0.25) is 0 Å². The van der Waals surface area contributed by atoms with Gasteiger partial charge in [-0.25, -0.2) is 4.98 Å². The van der Waals surface area contributed by atoms with E-state index < -0.39 is 0 Å². The fourth-order valence-electron chi connectivity index (χ4n) is 3.42. The third-order valence-corrected chi connectivity index (χ3v) is 5.16. The van der Waals surface area contributed by atoms with Gasteiger partial charge < -0.3 is 19.1 Å². The third kappa shape index (κ3) is 5.22. The van der Waals surface area contributed by atoms with E-state index in [9.17, 15) is 0 Å². The number of benzene rings is 2. The Morgan fingerprint density at radius 2 is 1.63 bits per heavy atom. The first-order valence-electron chi connectivity index (χ1n) is 10.8. The number of fused-ring (bicyclic) bond motifs is 1. The summed E-state index contributed by atoms with van der Waals surface area (Å²) in [4.78, 5) is 7.21. The van der Waals surface area contributed by atoms with Gasteiger partial charge in [0.25, 0.3) is 0 Å². The molecule has 30 heavy (non-hydrogen) atoms. The van der Waals surface area contributed by atoms with Gasteiger partial charge in [0.2, 0.25) is 0 Å². The van der Waals surface area contributed by atoms with Crippen LogP contribution in [-0.2, 0) is 0 Å². The Morgan fingerprint density at radius 1 is 0.867 bits per heavy atom. The van der Waals surface area contributed by atoms with Gasteiger partial charge in [0.1, 0.15) is 23.9 Å². The number of hydrogen-bond acceptors (Lipinski definition) is 5. The van der Waals surface area contributed by atoms with Gasteiger partial charge in [-0.1, -0.05) is 26.8 Å². The zero-order chi connectivity index (χ0) is 21.3. The van der Waals surface area contributed by atoms with Crippen molar-refractivity contribution in [2.45, 2.75) is 27.2 Å². The molecule has 5 heteroatoms. The molecule has 0 radical (unpaired) electrons. The van der Waals surface area contributed by atoms with Gasteiger partial charge in [-0.2, -0.15) is 0 Å². The largest absolute Gasteiger partial charge is 0.496 e. The molecule has 0 bridgehead atoms. The van der Waals surface area contributed by atoms with Crippen LogP contribution in [0.1, 0.15) is 27.2 Å². The lowest BCUT2D eigenvalue weighted by Gasteiger charge is -2.19. The van der Waals surface area contributed by atoms with E-state index >= 15 is 0 Å². The standard InChI is InChI=1S/C25H32N2O3/c1-5-16-29-20-13-11-19(12-14-20)22-18-24(30-17-15-27(6-2)7-3)25-21(26-22)9-8-10-23(25)28-4/h8-14,18H,5-7,15-17H2,1-4H3. The first-order chi connectivity index (χ1) is 14.7. The molecule has 160 valence electrons. The van der Waals surface area contributed by atoms with Crippen molar-refractivity contribution in [2.24, 2.45) is 0 Å². The fourth-order valence-corrected chi connectivity index (χ4v) is 3.42. The van der Waals surface area contributed by atoms with Gasteiger partial charge >= 0.3 is 0 Å². The first kappa shape index (κ1) is 21.9. The van der Waals surface area contributed by atoms with Crippen LogP contribution in [0.4, 0.5) is 0 Å². The molecule has 2 aromatic carbocycles. The number of methoxy groups -OCH3 is 1. The Kier molecular flexibility index (Phi) is 7.91. The summed E-state index contributed by atoms with van der Waals surface area (Å²) in [6.45, 7) is 10.7. The van der Waals surface area contributed by atoms with Crippen LogP contribution in [0, 0.1) is 0 Å². The quantitative estimate of drug-likeness (QED) is 0.424. The van der Waals surface area contributed by atoms with E-state index in [1.54, 1.807) is 7.11 Å². The summed E-state index contributed by atoms with van der Waals surface area (Å²) in [5.74, 6) is 2.44. The van der Waals surface area contributed by atoms with Gasteiger partial charge in [0.15, 0.2) is 0 Å². The molecule has 0 fully saturated rings. The Hall–Kier alpha value is -2.79. The second-order valence-corrected chi connectivity index (χ2v) is 7.11. The molecule has 0 aliphatic carbocycles. The summed E-state index contributed by atoms with van der Waals surface area (Å²) < 4.78 is 17.5. The highest BCUT2D eigenvalue weighted by Crippen LogP contribution is 2.36. The molecular weight excluding hydrogens is 376 g/mol. The number of likely N-dealkylation sites (N-methyl/N-ethyl adjacent to an activating group) is 1. The van der Waals surface area contributed by atoms with Crippen LogP contribution in [0.5, 0.6) is 17.2 Å². The van der Waals surface area contributed by atoms with E-state index in [0.29, 0.717) is 6.61 Å². The van der Waals surface area contributed by atoms with Crippen LogP contribution in [0.2, 0.25) is 0 Å². The van der Waals surface area contributed by atoms with Gasteiger partial charge in [-0.15, -0.1) is 0 Å². The van der Waals surface area contributed by atoms with Gasteiger partial charge in [0.05, 0.1) is 30.3 Å². The number of nitrogens with zero attached hydrogens (tertiary/aromatic N) is 2. The van der Waals surface area contributed by atoms with E-state index in [-0.39, 0.29) is 0 Å². The number of pyridine rings is 1. The maximum absolute atomic E-state index is 6.25. The minimum atomic E-state index is 0.613. The van der Waals surface area contributed by atoms with Gasteiger partial charge in [-0.05, 0) is 55.9 Å². The molecule has 0 spiro atoms. The summed E-state index contributed by atoms with van der Waals surface area (Å²) in [6, 6.07) is 16.0. The predicted octanol–water partition coefficient (Wildman–Crippen LogP) is 5.42. The molecular formula is C25H32N2O3. The van der Waals surface area contributed by atoms with Crippen molar-refractivity contribution in [3.63, 3.8) is 0 Å². The first-order valence-corrected chi connectivity index (χ1v) is 10.8. The van der Waals surface area contributed by atoms with E-state index in [1.807, 2.05) is 48.5 Å². The Balaban J connectivity index is 1.94. The van der Waals surface area contributed by atoms with Crippen LogP contribution < -0.4 is 14.2 Å². The zero-order valence-corrected chi connectivity index (χ0v) is 18.5. The Bertz CT molecular complexity index is 937. The maximum Gasteiger partial charge on any atom is 0.134 e. The van der Waals surface area contributed by atoms with Crippen LogP contribution in [0.3, 0.4) is 0 Å². The van der Waals surface area contributed by atoms with Crippen molar-refractivity contribution < 1.29 is 14.2 Å². The van der Waals surface area contributed by atoms with Crippen molar-refractivity contribution in [3.8, 4) is 28.5 Å². The third-order valence-electron chi connectivity index (χ3n) is 5.16. The molecule has 1 aromatic heterocycles. The smallest absolute Gasteiger partial charge is 0.134 e. The molecule has 3 aromatic rings. The normalized spacial score (nSPS) is 11.1. The molecule has 0 amide bonds. The predicted molar refractivity (Wildman–Crippen MR) is 123 cm³/mol. The SMILES string of the molecule is CCCOc1ccc(-c2cc(OCCN(CC)CC)c3c(OC)cccc3n2)cc1. The molecule has 0 aliphatic rings. The van der Waals surface area contributed by atoms with Crippen molar-refractivity contribution in [1.82, 2.24) is 9.88 Å². The van der Waals surface area contributed by atoms with Crippen molar-refractivity contribution in [1.29, 1.82) is 0 Å². The highest BCUT2D eigenvalue weighted by Gasteiger charge is 2.14. The fraction of sp³-hybridized carbons (Fsp3) is 0.400. The van der Waals surface area contributed by atoms with Crippen LogP contribution in [-0.4, -0.2) is 49.8 Å². The van der Waals surface area contributed by atoms with Crippen molar-refractivity contribution in [3.05, 3.63) is 48.5 Å². The van der Waals surface area contributed by atoms with Crippen LogP contribution in [0.25, 0.3) is 22.2 Å². The molecule has 0 atom stereocenters. The van der Waals surface area contributed by atoms with E-state index in [0.717, 1.165) is 72.1 Å². The highest BCUT2D eigenvalue weighted by molar-refractivity contribution is 5.93. The lowest BCUT2D eigenvalue weighted by molar-refractivity contribution is 0.224. The molecule has 0 N–H and O–H groups in total. The molecule has 1 heterocycles. The van der Waals surface area contributed by atoms with Gasteiger partial charge in [0, 0.05) is 18.2 Å². The molecule has 0 aliphatic heterocycles. The summed E-state index contributed by atoms with van der Waals surface area (Å²) >= 11 is 0. The van der Waals surface area contributed by atoms with E-state index in [1.165, 1.54) is 0 Å². The lowest BCUT2D eigenvalue weighted by Crippen LogP contribution is -2.27. The van der Waals surface area contributed by atoms with E-state index in [4.69, 9.17) is 19.2 Å². The van der Waals surface area contributed by atoms with Crippen LogP contribution >= 0.6 is 0 Å². The second-order valence-electron chi connectivity index (χ2n) is 7.11. The van der Waals surface area contributed by atoms with E-state index in [2.05, 4.69) is 25.7 Å². The average Bonchev–Trinajstić information content (AvgIpc) is 2.80. The van der Waals surface area contributed by atoms with Crippen molar-refractivity contribution in [2.75, 3.05) is 40.0 Å².